The number of aromatic nitrogens is 2. The second-order valence-corrected chi connectivity index (χ2v) is 6.23. The van der Waals surface area contributed by atoms with E-state index in [9.17, 15) is 10.1 Å². The van der Waals surface area contributed by atoms with Gasteiger partial charge >= 0.3 is 0 Å². The van der Waals surface area contributed by atoms with Gasteiger partial charge in [0.25, 0.3) is 5.69 Å². The van der Waals surface area contributed by atoms with Crippen LogP contribution in [0, 0.1) is 10.1 Å². The van der Waals surface area contributed by atoms with Gasteiger partial charge in [-0.3, -0.25) is 10.1 Å². The molecule has 0 spiro atoms. The van der Waals surface area contributed by atoms with Crippen LogP contribution < -0.4 is 0 Å². The Morgan fingerprint density at radius 1 is 0.815 bits per heavy atom. The van der Waals surface area contributed by atoms with Gasteiger partial charge in [-0.25, -0.2) is 4.98 Å². The van der Waals surface area contributed by atoms with Crippen molar-refractivity contribution in [1.29, 1.82) is 0 Å². The lowest BCUT2D eigenvalue weighted by molar-refractivity contribution is -0.384. The van der Waals surface area contributed by atoms with E-state index in [1.807, 2.05) is 78.3 Å². The minimum Gasteiger partial charge on any atom is -0.327 e. The molecule has 5 nitrogen and oxygen atoms in total. The molecule has 0 radical (unpaired) electrons. The van der Waals surface area contributed by atoms with Gasteiger partial charge in [0.1, 0.15) is 5.82 Å². The van der Waals surface area contributed by atoms with Crippen LogP contribution in [0.4, 0.5) is 5.69 Å². The van der Waals surface area contributed by atoms with Crippen LogP contribution in [0.3, 0.4) is 0 Å². The summed E-state index contributed by atoms with van der Waals surface area (Å²) in [6.45, 7) is 0. The molecule has 132 valence electrons. The molecule has 0 amide bonds. The minimum atomic E-state index is -0.386. The normalized spacial score (nSPS) is 10.7. The van der Waals surface area contributed by atoms with Gasteiger partial charge in [0.2, 0.25) is 0 Å². The third-order valence-corrected chi connectivity index (χ3v) is 4.50. The summed E-state index contributed by atoms with van der Waals surface area (Å²) in [5.41, 5.74) is 4.64. The van der Waals surface area contributed by atoms with E-state index in [1.54, 1.807) is 12.1 Å². The highest BCUT2D eigenvalue weighted by molar-refractivity contribution is 5.82. The van der Waals surface area contributed by atoms with Gasteiger partial charge in [0.15, 0.2) is 0 Å². The van der Waals surface area contributed by atoms with Crippen molar-refractivity contribution < 1.29 is 4.92 Å². The average Bonchev–Trinajstić information content (AvgIpc) is 3.06. The van der Waals surface area contributed by atoms with Crippen LogP contribution in [0.15, 0.2) is 84.9 Å². The fraction of sp³-hybridized carbons (Fsp3) is 0.0455. The Labute approximate surface area is 156 Å². The molecule has 1 heterocycles. The topological polar surface area (TPSA) is 61.0 Å². The summed E-state index contributed by atoms with van der Waals surface area (Å²) in [7, 11) is 1.94. The van der Waals surface area contributed by atoms with E-state index in [1.165, 1.54) is 6.07 Å². The van der Waals surface area contributed by atoms with Crippen LogP contribution in [0.25, 0.3) is 33.9 Å². The van der Waals surface area contributed by atoms with Gasteiger partial charge in [0.05, 0.1) is 16.3 Å². The summed E-state index contributed by atoms with van der Waals surface area (Å²) in [5.74, 6) is 0.691. The minimum absolute atomic E-state index is 0.0537. The molecule has 0 bridgehead atoms. The van der Waals surface area contributed by atoms with Crippen molar-refractivity contribution in [3.63, 3.8) is 0 Å². The second-order valence-electron chi connectivity index (χ2n) is 6.23. The summed E-state index contributed by atoms with van der Waals surface area (Å²) in [5, 5.41) is 11.2. The highest BCUT2D eigenvalue weighted by Crippen LogP contribution is 2.35. The molecule has 5 heteroatoms. The molecule has 0 saturated heterocycles. The van der Waals surface area contributed by atoms with Crippen molar-refractivity contribution >= 4 is 5.69 Å². The SMILES string of the molecule is Cn1c(-c2cccc([N+](=O)[O-])c2)nc(-c2ccccc2)c1-c1ccccc1. The smallest absolute Gasteiger partial charge is 0.270 e. The number of nitrogens with zero attached hydrogens (tertiary/aromatic N) is 3. The zero-order valence-corrected chi connectivity index (χ0v) is 14.7. The largest absolute Gasteiger partial charge is 0.327 e. The average molecular weight is 355 g/mol. The molecule has 0 N–H and O–H groups in total. The number of hydrogen-bond acceptors (Lipinski definition) is 3. The molecule has 0 aliphatic heterocycles. The predicted octanol–water partition coefficient (Wildman–Crippen LogP) is 5.33. The Morgan fingerprint density at radius 2 is 1.41 bits per heavy atom. The lowest BCUT2D eigenvalue weighted by atomic mass is 10.1. The first-order valence-electron chi connectivity index (χ1n) is 8.57. The van der Waals surface area contributed by atoms with Crippen LogP contribution in [0.1, 0.15) is 0 Å². The first-order chi connectivity index (χ1) is 13.1. The number of imidazole rings is 1. The number of rotatable bonds is 4. The van der Waals surface area contributed by atoms with E-state index in [4.69, 9.17) is 4.98 Å². The van der Waals surface area contributed by atoms with Gasteiger partial charge in [-0.15, -0.1) is 0 Å². The molecule has 0 unspecified atom stereocenters. The van der Waals surface area contributed by atoms with Crippen LogP contribution >= 0.6 is 0 Å². The predicted molar refractivity (Wildman–Crippen MR) is 106 cm³/mol. The van der Waals surface area contributed by atoms with E-state index < -0.39 is 0 Å². The maximum atomic E-state index is 11.2. The molecule has 27 heavy (non-hydrogen) atoms. The van der Waals surface area contributed by atoms with E-state index >= 15 is 0 Å². The van der Waals surface area contributed by atoms with Crippen LogP contribution in [-0.4, -0.2) is 14.5 Å². The molecule has 0 aliphatic carbocycles. The summed E-state index contributed by atoms with van der Waals surface area (Å²) in [4.78, 5) is 15.6. The van der Waals surface area contributed by atoms with Crippen molar-refractivity contribution in [1.82, 2.24) is 9.55 Å². The molecule has 1 aromatic heterocycles. The molecule has 0 saturated carbocycles. The zero-order valence-electron chi connectivity index (χ0n) is 14.7. The van der Waals surface area contributed by atoms with Crippen molar-refractivity contribution in [3.8, 4) is 33.9 Å². The quantitative estimate of drug-likeness (QED) is 0.367. The molecule has 0 aliphatic rings. The number of nitro benzene ring substituents is 1. The van der Waals surface area contributed by atoms with Crippen LogP contribution in [-0.2, 0) is 7.05 Å². The summed E-state index contributed by atoms with van der Waals surface area (Å²) in [6, 6.07) is 26.6. The lowest BCUT2D eigenvalue weighted by Crippen LogP contribution is -1.96. The standard InChI is InChI=1S/C22H17N3O2/c1-24-21(17-11-6-3-7-12-17)20(16-9-4-2-5-10-16)23-22(24)18-13-8-14-19(15-18)25(26)27/h2-15H,1H3. The first kappa shape index (κ1) is 16.7. The highest BCUT2D eigenvalue weighted by Gasteiger charge is 2.19. The van der Waals surface area contributed by atoms with Gasteiger partial charge in [0, 0.05) is 35.9 Å². The van der Waals surface area contributed by atoms with Crippen molar-refractivity contribution in [2.75, 3.05) is 0 Å². The fourth-order valence-corrected chi connectivity index (χ4v) is 3.24. The maximum Gasteiger partial charge on any atom is 0.270 e. The second kappa shape index (κ2) is 6.88. The van der Waals surface area contributed by atoms with Gasteiger partial charge in [-0.1, -0.05) is 72.8 Å². The molecular weight excluding hydrogens is 338 g/mol. The summed E-state index contributed by atoms with van der Waals surface area (Å²) >= 11 is 0. The van der Waals surface area contributed by atoms with Crippen molar-refractivity contribution in [2.24, 2.45) is 7.05 Å². The van der Waals surface area contributed by atoms with Gasteiger partial charge in [-0.05, 0) is 0 Å². The molecule has 0 atom stereocenters. The monoisotopic (exact) mass is 355 g/mol. The Kier molecular flexibility index (Phi) is 4.26. The van der Waals surface area contributed by atoms with E-state index in [0.29, 0.717) is 11.4 Å². The number of non-ortho nitro benzene ring substituents is 1. The summed E-state index contributed by atoms with van der Waals surface area (Å²) < 4.78 is 2.00. The molecule has 4 rings (SSSR count). The van der Waals surface area contributed by atoms with Crippen molar-refractivity contribution in [3.05, 3.63) is 95.0 Å². The third-order valence-electron chi connectivity index (χ3n) is 4.50. The van der Waals surface area contributed by atoms with E-state index in [0.717, 1.165) is 22.5 Å². The van der Waals surface area contributed by atoms with E-state index in [2.05, 4.69) is 0 Å². The zero-order chi connectivity index (χ0) is 18.8. The summed E-state index contributed by atoms with van der Waals surface area (Å²) in [6.07, 6.45) is 0. The van der Waals surface area contributed by atoms with Gasteiger partial charge in [-0.2, -0.15) is 0 Å². The maximum absolute atomic E-state index is 11.2. The van der Waals surface area contributed by atoms with Crippen LogP contribution in [0.5, 0.6) is 0 Å². The molecular formula is C22H17N3O2. The third kappa shape index (κ3) is 3.11. The molecule has 4 aromatic rings. The lowest BCUT2D eigenvalue weighted by Gasteiger charge is -2.08. The molecule has 0 fully saturated rings. The van der Waals surface area contributed by atoms with Crippen LogP contribution in [0.2, 0.25) is 0 Å². The number of nitro groups is 1. The first-order valence-corrected chi connectivity index (χ1v) is 8.57. The Morgan fingerprint density at radius 3 is 2.04 bits per heavy atom. The molecule has 3 aromatic carbocycles. The Hall–Kier alpha value is -3.73. The Balaban J connectivity index is 1.96. The van der Waals surface area contributed by atoms with E-state index in [-0.39, 0.29) is 10.6 Å². The van der Waals surface area contributed by atoms with Gasteiger partial charge < -0.3 is 4.57 Å². The number of benzene rings is 3. The van der Waals surface area contributed by atoms with Crippen molar-refractivity contribution in [2.45, 2.75) is 0 Å². The fourth-order valence-electron chi connectivity index (χ4n) is 3.24. The number of hydrogen-bond donors (Lipinski definition) is 0. The Bertz CT molecular complexity index is 1100. The highest BCUT2D eigenvalue weighted by atomic mass is 16.6.